The number of anilines is 1. The average Bonchev–Trinajstić information content (AvgIpc) is 3.09. The van der Waals surface area contributed by atoms with Gasteiger partial charge in [-0.1, -0.05) is 11.3 Å². The van der Waals surface area contributed by atoms with Gasteiger partial charge in [-0.3, -0.25) is 4.79 Å². The lowest BCUT2D eigenvalue weighted by atomic mass is 10.2. The molecule has 2 fully saturated rings. The molecule has 1 aromatic heterocycles. The SMILES string of the molecule is Cc1nnc(N2CCN(C(=O)C3CCCO3)CC2)s1. The van der Waals surface area contributed by atoms with Gasteiger partial charge in [-0.25, -0.2) is 0 Å². The molecule has 104 valence electrons. The molecule has 2 aliphatic rings. The van der Waals surface area contributed by atoms with Crippen LogP contribution in [0, 0.1) is 6.92 Å². The van der Waals surface area contributed by atoms with E-state index in [0.717, 1.165) is 55.8 Å². The maximum Gasteiger partial charge on any atom is 0.251 e. The molecule has 6 nitrogen and oxygen atoms in total. The number of carbonyl (C=O) groups excluding carboxylic acids is 1. The van der Waals surface area contributed by atoms with Crippen molar-refractivity contribution < 1.29 is 9.53 Å². The normalized spacial score (nSPS) is 23.9. The molecule has 1 unspecified atom stereocenters. The van der Waals surface area contributed by atoms with Gasteiger partial charge >= 0.3 is 0 Å². The van der Waals surface area contributed by atoms with Gasteiger partial charge in [0.05, 0.1) is 0 Å². The predicted octanol–water partition coefficient (Wildman–Crippen LogP) is 0.674. The Balaban J connectivity index is 1.55. The number of nitrogens with zero attached hydrogens (tertiary/aromatic N) is 4. The fourth-order valence-corrected chi connectivity index (χ4v) is 3.25. The van der Waals surface area contributed by atoms with Crippen LogP contribution in [0.25, 0.3) is 0 Å². The molecule has 0 saturated carbocycles. The maximum absolute atomic E-state index is 12.2. The Labute approximate surface area is 116 Å². The highest BCUT2D eigenvalue weighted by Crippen LogP contribution is 2.22. The number of carbonyl (C=O) groups is 1. The zero-order valence-electron chi connectivity index (χ0n) is 11.0. The minimum Gasteiger partial charge on any atom is -0.368 e. The summed E-state index contributed by atoms with van der Waals surface area (Å²) in [6.07, 6.45) is 1.67. The van der Waals surface area contributed by atoms with E-state index in [4.69, 9.17) is 4.74 Å². The number of ether oxygens (including phenoxy) is 1. The fourth-order valence-electron chi connectivity index (χ4n) is 2.51. The molecular weight excluding hydrogens is 264 g/mol. The molecule has 1 atom stereocenters. The Morgan fingerprint density at radius 2 is 2.11 bits per heavy atom. The number of aromatic nitrogens is 2. The van der Waals surface area contributed by atoms with E-state index in [9.17, 15) is 4.79 Å². The van der Waals surface area contributed by atoms with Crippen molar-refractivity contribution in [3.05, 3.63) is 5.01 Å². The molecule has 1 amide bonds. The van der Waals surface area contributed by atoms with Crippen LogP contribution in [0.3, 0.4) is 0 Å². The van der Waals surface area contributed by atoms with Gasteiger partial charge < -0.3 is 14.5 Å². The molecule has 19 heavy (non-hydrogen) atoms. The number of piperazine rings is 1. The molecule has 1 aromatic rings. The maximum atomic E-state index is 12.2. The monoisotopic (exact) mass is 282 g/mol. The van der Waals surface area contributed by atoms with Crippen LogP contribution < -0.4 is 4.90 Å². The van der Waals surface area contributed by atoms with Gasteiger partial charge in [-0.2, -0.15) is 0 Å². The molecular formula is C12H18N4O2S. The first-order valence-electron chi connectivity index (χ1n) is 6.69. The van der Waals surface area contributed by atoms with Crippen molar-refractivity contribution in [1.29, 1.82) is 0 Å². The standard InChI is InChI=1S/C12H18N4O2S/c1-9-13-14-12(19-9)16-6-4-15(5-7-16)11(17)10-3-2-8-18-10/h10H,2-8H2,1H3. The van der Waals surface area contributed by atoms with E-state index in [0.29, 0.717) is 0 Å². The molecule has 3 rings (SSSR count). The summed E-state index contributed by atoms with van der Waals surface area (Å²) in [4.78, 5) is 16.3. The number of hydrogen-bond donors (Lipinski definition) is 0. The summed E-state index contributed by atoms with van der Waals surface area (Å²) in [5, 5.41) is 10.1. The van der Waals surface area contributed by atoms with Gasteiger partial charge in [0.1, 0.15) is 11.1 Å². The second-order valence-corrected chi connectivity index (χ2v) is 6.08. The summed E-state index contributed by atoms with van der Waals surface area (Å²) in [6, 6.07) is 0. The third-order valence-corrected chi connectivity index (χ3v) is 4.48. The largest absolute Gasteiger partial charge is 0.368 e. The summed E-state index contributed by atoms with van der Waals surface area (Å²) in [6.45, 7) is 5.83. The van der Waals surface area contributed by atoms with Crippen molar-refractivity contribution in [2.24, 2.45) is 0 Å². The zero-order valence-corrected chi connectivity index (χ0v) is 11.9. The minimum atomic E-state index is -0.199. The zero-order chi connectivity index (χ0) is 13.2. The average molecular weight is 282 g/mol. The third kappa shape index (κ3) is 2.71. The first-order valence-corrected chi connectivity index (χ1v) is 7.51. The van der Waals surface area contributed by atoms with E-state index in [1.54, 1.807) is 11.3 Å². The summed E-state index contributed by atoms with van der Waals surface area (Å²) in [5.74, 6) is 0.158. The Morgan fingerprint density at radius 1 is 1.32 bits per heavy atom. The van der Waals surface area contributed by atoms with Crippen LogP contribution in [0.2, 0.25) is 0 Å². The number of amides is 1. The predicted molar refractivity (Wildman–Crippen MR) is 72.4 cm³/mol. The van der Waals surface area contributed by atoms with Crippen molar-refractivity contribution >= 4 is 22.4 Å². The first kappa shape index (κ1) is 12.8. The summed E-state index contributed by atoms with van der Waals surface area (Å²) in [7, 11) is 0. The highest BCUT2D eigenvalue weighted by molar-refractivity contribution is 7.15. The quantitative estimate of drug-likeness (QED) is 0.798. The van der Waals surface area contributed by atoms with E-state index in [1.165, 1.54) is 0 Å². The topological polar surface area (TPSA) is 58.6 Å². The third-order valence-electron chi connectivity index (χ3n) is 3.58. The van der Waals surface area contributed by atoms with E-state index in [2.05, 4.69) is 15.1 Å². The highest BCUT2D eigenvalue weighted by atomic mass is 32.1. The van der Waals surface area contributed by atoms with Gasteiger partial charge in [0.25, 0.3) is 5.91 Å². The van der Waals surface area contributed by atoms with Crippen molar-refractivity contribution in [3.8, 4) is 0 Å². The number of rotatable bonds is 2. The lowest BCUT2D eigenvalue weighted by molar-refractivity contribution is -0.141. The van der Waals surface area contributed by atoms with Crippen LogP contribution >= 0.6 is 11.3 Å². The van der Waals surface area contributed by atoms with E-state index in [-0.39, 0.29) is 12.0 Å². The minimum absolute atomic E-state index is 0.158. The molecule has 7 heteroatoms. The molecule has 0 radical (unpaired) electrons. The summed E-state index contributed by atoms with van der Waals surface area (Å²) < 4.78 is 5.46. The van der Waals surface area contributed by atoms with Crippen LogP contribution in [0.1, 0.15) is 17.8 Å². The van der Waals surface area contributed by atoms with Gasteiger partial charge in [-0.05, 0) is 19.8 Å². The highest BCUT2D eigenvalue weighted by Gasteiger charge is 2.30. The molecule has 0 aliphatic carbocycles. The smallest absolute Gasteiger partial charge is 0.251 e. The Morgan fingerprint density at radius 3 is 2.68 bits per heavy atom. The van der Waals surface area contributed by atoms with Crippen molar-refractivity contribution in [3.63, 3.8) is 0 Å². The summed E-state index contributed by atoms with van der Waals surface area (Å²) in [5.41, 5.74) is 0. The van der Waals surface area contributed by atoms with Crippen molar-refractivity contribution in [2.45, 2.75) is 25.9 Å². The fraction of sp³-hybridized carbons (Fsp3) is 0.750. The van der Waals surface area contributed by atoms with Gasteiger partial charge in [-0.15, -0.1) is 10.2 Å². The van der Waals surface area contributed by atoms with E-state index in [1.807, 2.05) is 11.8 Å². The van der Waals surface area contributed by atoms with Gasteiger partial charge in [0.15, 0.2) is 0 Å². The number of aryl methyl sites for hydroxylation is 1. The van der Waals surface area contributed by atoms with Crippen LogP contribution in [-0.4, -0.2) is 59.9 Å². The molecule has 3 heterocycles. The lowest BCUT2D eigenvalue weighted by Crippen LogP contribution is -2.51. The Hall–Kier alpha value is -1.21. The van der Waals surface area contributed by atoms with Crippen LogP contribution in [0.15, 0.2) is 0 Å². The van der Waals surface area contributed by atoms with E-state index < -0.39 is 0 Å². The first-order chi connectivity index (χ1) is 9.24. The van der Waals surface area contributed by atoms with Crippen molar-refractivity contribution in [1.82, 2.24) is 15.1 Å². The van der Waals surface area contributed by atoms with Crippen LogP contribution in [-0.2, 0) is 9.53 Å². The second kappa shape index (κ2) is 5.42. The Bertz CT molecular complexity index is 450. The molecule has 0 spiro atoms. The van der Waals surface area contributed by atoms with Gasteiger partial charge in [0.2, 0.25) is 5.13 Å². The molecule has 2 aliphatic heterocycles. The van der Waals surface area contributed by atoms with E-state index >= 15 is 0 Å². The molecule has 0 N–H and O–H groups in total. The second-order valence-electron chi connectivity index (χ2n) is 4.92. The molecule has 2 saturated heterocycles. The van der Waals surface area contributed by atoms with Gasteiger partial charge in [0, 0.05) is 32.8 Å². The van der Waals surface area contributed by atoms with Crippen LogP contribution in [0.5, 0.6) is 0 Å². The lowest BCUT2D eigenvalue weighted by Gasteiger charge is -2.35. The van der Waals surface area contributed by atoms with Crippen LogP contribution in [0.4, 0.5) is 5.13 Å². The van der Waals surface area contributed by atoms with Crippen molar-refractivity contribution in [2.75, 3.05) is 37.7 Å². The molecule has 0 aromatic carbocycles. The Kier molecular flexibility index (Phi) is 3.65. The number of hydrogen-bond acceptors (Lipinski definition) is 6. The molecule has 0 bridgehead atoms. The summed E-state index contributed by atoms with van der Waals surface area (Å²) >= 11 is 1.60.